The third-order valence-electron chi connectivity index (χ3n) is 6.42. The zero-order valence-corrected chi connectivity index (χ0v) is 19.3. The van der Waals surface area contributed by atoms with Crippen LogP contribution in [0.1, 0.15) is 42.5 Å². The van der Waals surface area contributed by atoms with E-state index < -0.39 is 6.10 Å². The molecule has 1 saturated heterocycles. The average molecular weight is 469 g/mol. The summed E-state index contributed by atoms with van der Waals surface area (Å²) in [4.78, 5) is 4.33. The molecule has 1 heterocycles. The summed E-state index contributed by atoms with van der Waals surface area (Å²) in [5.41, 5.74) is 2.17. The summed E-state index contributed by atoms with van der Waals surface area (Å²) in [6.07, 6.45) is 1.34. The molecular weight excluding hydrogens is 439 g/mol. The van der Waals surface area contributed by atoms with Crippen LogP contribution in [0.25, 0.3) is 0 Å². The van der Waals surface area contributed by atoms with Crippen molar-refractivity contribution in [3.8, 4) is 11.5 Å². The molecule has 0 radical (unpaired) electrons. The van der Waals surface area contributed by atoms with Gasteiger partial charge in [-0.3, -0.25) is 4.90 Å². The van der Waals surface area contributed by atoms with Crippen molar-refractivity contribution in [1.29, 1.82) is 0 Å². The van der Waals surface area contributed by atoms with Gasteiger partial charge in [0.2, 0.25) is 0 Å². The van der Waals surface area contributed by atoms with Gasteiger partial charge >= 0.3 is 0 Å². The minimum atomic E-state index is -0.671. The molecule has 0 amide bonds. The second kappa shape index (κ2) is 10.0. The fourth-order valence-corrected chi connectivity index (χ4v) is 5.13. The Balaban J connectivity index is 1.58. The summed E-state index contributed by atoms with van der Waals surface area (Å²) in [6.45, 7) is 0. The van der Waals surface area contributed by atoms with Crippen LogP contribution in [0.5, 0.6) is 11.5 Å². The highest BCUT2D eigenvalue weighted by atomic mass is 32.1. The molecule has 5 nitrogen and oxygen atoms in total. The number of thiol groups is 1. The number of aliphatic hydroxyl groups excluding tert-OH is 1. The van der Waals surface area contributed by atoms with E-state index in [4.69, 9.17) is 12.6 Å². The second-order valence-electron chi connectivity index (χ2n) is 8.51. The van der Waals surface area contributed by atoms with E-state index in [-0.39, 0.29) is 34.9 Å². The normalized spacial score (nSPS) is 21.9. The zero-order valence-electron chi connectivity index (χ0n) is 18.4. The van der Waals surface area contributed by atoms with Crippen LogP contribution in [0, 0.1) is 5.82 Å². The highest BCUT2D eigenvalue weighted by Gasteiger charge is 2.45. The standard InChI is InChI=1S/C26H29FN2O3S/c1-28-22(8-5-9-23(31)17-10-12-18(27)13-11-17)25(21-15-14-20(30)16-24(21)32)29(26(28)33)19-6-3-2-4-7-19/h2-4,6-7,10-16,22-23,25-26,30-33H,5,8-9H2,1H3. The Morgan fingerprint density at radius 3 is 2.36 bits per heavy atom. The first-order valence-corrected chi connectivity index (χ1v) is 11.6. The second-order valence-corrected chi connectivity index (χ2v) is 8.97. The molecule has 4 atom stereocenters. The summed E-state index contributed by atoms with van der Waals surface area (Å²) >= 11 is 4.88. The Labute approximate surface area is 199 Å². The predicted octanol–water partition coefficient (Wildman–Crippen LogP) is 5.22. The number of phenols is 2. The molecule has 3 aromatic carbocycles. The van der Waals surface area contributed by atoms with Gasteiger partial charge in [0, 0.05) is 23.4 Å². The summed E-state index contributed by atoms with van der Waals surface area (Å²) in [6, 6.07) is 20.4. The number of hydrogen-bond donors (Lipinski definition) is 4. The zero-order chi connectivity index (χ0) is 23.5. The first-order chi connectivity index (χ1) is 15.9. The van der Waals surface area contributed by atoms with Crippen molar-refractivity contribution < 1.29 is 19.7 Å². The lowest BCUT2D eigenvalue weighted by Crippen LogP contribution is -2.33. The largest absolute Gasteiger partial charge is 0.508 e. The predicted molar refractivity (Wildman–Crippen MR) is 131 cm³/mol. The van der Waals surface area contributed by atoms with Gasteiger partial charge in [0.05, 0.1) is 12.1 Å². The van der Waals surface area contributed by atoms with Crippen molar-refractivity contribution in [2.45, 2.75) is 42.9 Å². The Kier molecular flexibility index (Phi) is 7.12. The highest BCUT2D eigenvalue weighted by molar-refractivity contribution is 7.81. The molecule has 1 aliphatic heterocycles. The Morgan fingerprint density at radius 1 is 1.00 bits per heavy atom. The molecule has 0 bridgehead atoms. The number of hydrogen-bond acceptors (Lipinski definition) is 6. The smallest absolute Gasteiger partial charge is 0.128 e. The van der Waals surface area contributed by atoms with Crippen LogP contribution >= 0.6 is 12.6 Å². The van der Waals surface area contributed by atoms with Crippen molar-refractivity contribution in [1.82, 2.24) is 4.90 Å². The van der Waals surface area contributed by atoms with Crippen molar-refractivity contribution in [2.24, 2.45) is 0 Å². The molecule has 174 valence electrons. The molecule has 1 fully saturated rings. The molecular formula is C26H29FN2O3S. The topological polar surface area (TPSA) is 67.2 Å². The minimum absolute atomic E-state index is 0.00330. The van der Waals surface area contributed by atoms with Crippen molar-refractivity contribution in [3.63, 3.8) is 0 Å². The van der Waals surface area contributed by atoms with E-state index in [1.54, 1.807) is 24.3 Å². The summed E-state index contributed by atoms with van der Waals surface area (Å²) in [5, 5.41) is 31.1. The van der Waals surface area contributed by atoms with Gasteiger partial charge in [-0.2, -0.15) is 0 Å². The lowest BCUT2D eigenvalue weighted by atomic mass is 9.92. The molecule has 4 unspecified atom stereocenters. The van der Waals surface area contributed by atoms with Gasteiger partial charge in [0.15, 0.2) is 0 Å². The van der Waals surface area contributed by atoms with Gasteiger partial charge in [-0.1, -0.05) is 30.3 Å². The Bertz CT molecular complexity index is 1070. The van der Waals surface area contributed by atoms with Crippen LogP contribution < -0.4 is 4.90 Å². The number of anilines is 1. The summed E-state index contributed by atoms with van der Waals surface area (Å²) in [7, 11) is 2.01. The van der Waals surface area contributed by atoms with Gasteiger partial charge in [0.25, 0.3) is 0 Å². The minimum Gasteiger partial charge on any atom is -0.508 e. The van der Waals surface area contributed by atoms with E-state index >= 15 is 0 Å². The van der Waals surface area contributed by atoms with Crippen molar-refractivity contribution in [2.75, 3.05) is 11.9 Å². The van der Waals surface area contributed by atoms with Crippen LogP contribution in [0.3, 0.4) is 0 Å². The van der Waals surface area contributed by atoms with Crippen LogP contribution in [-0.2, 0) is 0 Å². The number of phenolic OH excluding ortho intramolecular Hbond substituents is 2. The van der Waals surface area contributed by atoms with Gasteiger partial charge in [-0.15, -0.1) is 12.6 Å². The molecule has 0 saturated carbocycles. The maximum Gasteiger partial charge on any atom is 0.128 e. The number of aromatic hydroxyl groups is 2. The first kappa shape index (κ1) is 23.4. The van der Waals surface area contributed by atoms with Crippen molar-refractivity contribution >= 4 is 18.3 Å². The van der Waals surface area contributed by atoms with Crippen LogP contribution in [0.4, 0.5) is 10.1 Å². The Morgan fingerprint density at radius 2 is 1.70 bits per heavy atom. The third kappa shape index (κ3) is 4.95. The molecule has 1 aliphatic rings. The number of benzene rings is 3. The van der Waals surface area contributed by atoms with E-state index in [1.165, 1.54) is 18.2 Å². The maximum absolute atomic E-state index is 13.2. The molecule has 7 heteroatoms. The number of aliphatic hydroxyl groups is 1. The van der Waals surface area contributed by atoms with Gasteiger partial charge in [0.1, 0.15) is 22.8 Å². The summed E-state index contributed by atoms with van der Waals surface area (Å²) in [5.74, 6) is -0.278. The van der Waals surface area contributed by atoms with Gasteiger partial charge < -0.3 is 20.2 Å². The van der Waals surface area contributed by atoms with Crippen molar-refractivity contribution in [3.05, 3.63) is 89.7 Å². The molecule has 3 aromatic rings. The van der Waals surface area contributed by atoms with E-state index in [0.29, 0.717) is 17.5 Å². The highest BCUT2D eigenvalue weighted by Crippen LogP contribution is 2.46. The van der Waals surface area contributed by atoms with Gasteiger partial charge in [-0.05, 0) is 68.3 Å². The molecule has 0 aliphatic carbocycles. The van der Waals surface area contributed by atoms with E-state index in [0.717, 1.165) is 18.5 Å². The fourth-order valence-electron chi connectivity index (χ4n) is 4.69. The third-order valence-corrected chi connectivity index (χ3v) is 7.03. The van der Waals surface area contributed by atoms with E-state index in [9.17, 15) is 19.7 Å². The first-order valence-electron chi connectivity index (χ1n) is 11.1. The molecule has 3 N–H and O–H groups in total. The Hall–Kier alpha value is -2.74. The van der Waals surface area contributed by atoms with Crippen LogP contribution in [-0.4, -0.2) is 38.8 Å². The fraction of sp³-hybridized carbons (Fsp3) is 0.308. The maximum atomic E-state index is 13.2. The molecule has 33 heavy (non-hydrogen) atoms. The number of rotatable bonds is 7. The number of likely N-dealkylation sites (N-methyl/N-ethyl adjacent to an activating group) is 1. The van der Waals surface area contributed by atoms with E-state index in [2.05, 4.69) is 9.80 Å². The van der Waals surface area contributed by atoms with Crippen LogP contribution in [0.2, 0.25) is 0 Å². The molecule has 0 spiro atoms. The van der Waals surface area contributed by atoms with Crippen LogP contribution in [0.15, 0.2) is 72.8 Å². The number of halogens is 1. The average Bonchev–Trinajstić information content (AvgIpc) is 3.05. The van der Waals surface area contributed by atoms with E-state index in [1.807, 2.05) is 37.4 Å². The monoisotopic (exact) mass is 468 g/mol. The quantitative estimate of drug-likeness (QED) is 0.358. The lowest BCUT2D eigenvalue weighted by molar-refractivity contribution is 0.157. The molecule has 0 aromatic heterocycles. The number of para-hydroxylation sites is 1. The molecule has 4 rings (SSSR count). The SMILES string of the molecule is CN1C(CCCC(O)c2ccc(F)cc2)C(c2ccc(O)cc2O)N(c2ccccc2)C1S. The summed E-state index contributed by atoms with van der Waals surface area (Å²) < 4.78 is 13.2. The number of nitrogens with zero attached hydrogens (tertiary/aromatic N) is 2. The lowest BCUT2D eigenvalue weighted by Gasteiger charge is -2.31. The van der Waals surface area contributed by atoms with Gasteiger partial charge in [-0.25, -0.2) is 4.39 Å².